The van der Waals surface area contributed by atoms with Gasteiger partial charge in [0.2, 0.25) is 0 Å². The zero-order chi connectivity index (χ0) is 20.1. The number of benzene rings is 3. The van der Waals surface area contributed by atoms with Gasteiger partial charge in [0, 0.05) is 16.4 Å². The van der Waals surface area contributed by atoms with Crippen molar-refractivity contribution in [2.75, 3.05) is 15.4 Å². The fraction of sp³-hybridized carbons (Fsp3) is 0.0500. The van der Waals surface area contributed by atoms with Crippen molar-refractivity contribution in [3.8, 4) is 0 Å². The molecule has 5 nitrogen and oxygen atoms in total. The summed E-state index contributed by atoms with van der Waals surface area (Å²) in [5, 5.41) is 6.99. The van der Waals surface area contributed by atoms with Crippen LogP contribution in [0.5, 0.6) is 0 Å². The Morgan fingerprint density at radius 1 is 0.857 bits per heavy atom. The molecule has 0 aliphatic carbocycles. The van der Waals surface area contributed by atoms with E-state index in [0.717, 1.165) is 11.3 Å². The fourth-order valence-electron chi connectivity index (χ4n) is 2.40. The normalized spacial score (nSPS) is 10.9. The Balaban J connectivity index is 1.67. The number of thiocarbonyl (C=S) groups is 1. The van der Waals surface area contributed by atoms with Gasteiger partial charge in [-0.15, -0.1) is 0 Å². The molecule has 3 aromatic carbocycles. The van der Waals surface area contributed by atoms with Crippen LogP contribution in [0.3, 0.4) is 0 Å². The average molecular weight is 432 g/mol. The van der Waals surface area contributed by atoms with Crippen molar-refractivity contribution < 1.29 is 8.42 Å². The van der Waals surface area contributed by atoms with Gasteiger partial charge in [-0.3, -0.25) is 4.72 Å². The van der Waals surface area contributed by atoms with Crippen molar-refractivity contribution in [3.63, 3.8) is 0 Å². The minimum absolute atomic E-state index is 0.136. The van der Waals surface area contributed by atoms with Crippen LogP contribution in [0, 0.1) is 6.92 Å². The molecule has 28 heavy (non-hydrogen) atoms. The summed E-state index contributed by atoms with van der Waals surface area (Å²) in [7, 11) is -3.72. The molecule has 0 atom stereocenters. The van der Waals surface area contributed by atoms with Gasteiger partial charge in [-0.2, -0.15) is 0 Å². The van der Waals surface area contributed by atoms with Crippen molar-refractivity contribution in [1.82, 2.24) is 0 Å². The molecular formula is C20H18ClN3O2S2. The lowest BCUT2D eigenvalue weighted by atomic mass is 10.2. The number of para-hydroxylation sites is 1. The van der Waals surface area contributed by atoms with E-state index in [1.165, 1.54) is 12.1 Å². The lowest BCUT2D eigenvalue weighted by Crippen LogP contribution is -2.19. The smallest absolute Gasteiger partial charge is 0.261 e. The van der Waals surface area contributed by atoms with Crippen LogP contribution < -0.4 is 15.4 Å². The van der Waals surface area contributed by atoms with E-state index in [1.807, 2.05) is 37.3 Å². The first-order valence-corrected chi connectivity index (χ1v) is 10.6. The van der Waals surface area contributed by atoms with Crippen LogP contribution in [0.4, 0.5) is 17.1 Å². The molecule has 0 saturated carbocycles. The second-order valence-electron chi connectivity index (χ2n) is 6.04. The minimum Gasteiger partial charge on any atom is -0.332 e. The van der Waals surface area contributed by atoms with Crippen LogP contribution in [-0.2, 0) is 10.0 Å². The highest BCUT2D eigenvalue weighted by molar-refractivity contribution is 7.92. The molecule has 0 amide bonds. The van der Waals surface area contributed by atoms with E-state index in [-0.39, 0.29) is 4.90 Å². The van der Waals surface area contributed by atoms with E-state index in [2.05, 4.69) is 15.4 Å². The monoisotopic (exact) mass is 431 g/mol. The maximum atomic E-state index is 12.6. The van der Waals surface area contributed by atoms with Crippen LogP contribution in [-0.4, -0.2) is 13.5 Å². The van der Waals surface area contributed by atoms with E-state index in [4.69, 9.17) is 23.8 Å². The van der Waals surface area contributed by atoms with Crippen LogP contribution in [0.15, 0.2) is 77.7 Å². The molecular weight excluding hydrogens is 414 g/mol. The molecule has 0 heterocycles. The molecule has 0 radical (unpaired) electrons. The second-order valence-corrected chi connectivity index (χ2v) is 8.54. The predicted molar refractivity (Wildman–Crippen MR) is 120 cm³/mol. The van der Waals surface area contributed by atoms with Crippen LogP contribution in [0.1, 0.15) is 5.56 Å². The third kappa shape index (κ3) is 5.22. The number of rotatable bonds is 5. The van der Waals surface area contributed by atoms with Gasteiger partial charge < -0.3 is 10.6 Å². The summed E-state index contributed by atoms with van der Waals surface area (Å²) < 4.78 is 27.6. The van der Waals surface area contributed by atoms with Crippen molar-refractivity contribution in [3.05, 3.63) is 83.4 Å². The van der Waals surface area contributed by atoms with Gasteiger partial charge in [0.25, 0.3) is 10.0 Å². The SMILES string of the molecule is Cc1ccc(NS(=O)(=O)c2ccc(NC(=S)Nc3ccccc3)cc2)cc1Cl. The molecule has 0 bridgehead atoms. The van der Waals surface area contributed by atoms with Crippen LogP contribution in [0.2, 0.25) is 5.02 Å². The maximum Gasteiger partial charge on any atom is 0.261 e. The fourth-order valence-corrected chi connectivity index (χ4v) is 3.87. The summed E-state index contributed by atoms with van der Waals surface area (Å²) >= 11 is 11.3. The second kappa shape index (κ2) is 8.60. The summed E-state index contributed by atoms with van der Waals surface area (Å²) in [6.07, 6.45) is 0. The highest BCUT2D eigenvalue weighted by Crippen LogP contribution is 2.23. The van der Waals surface area contributed by atoms with Crippen molar-refractivity contribution >= 4 is 56.0 Å². The molecule has 3 N–H and O–H groups in total. The number of aryl methyl sites for hydroxylation is 1. The summed E-state index contributed by atoms with van der Waals surface area (Å²) in [6, 6.07) is 20.8. The molecule has 0 unspecified atom stereocenters. The van der Waals surface area contributed by atoms with E-state index in [0.29, 0.717) is 21.5 Å². The van der Waals surface area contributed by atoms with Crippen molar-refractivity contribution in [2.24, 2.45) is 0 Å². The molecule has 3 rings (SSSR count). The average Bonchev–Trinajstić information content (AvgIpc) is 2.66. The van der Waals surface area contributed by atoms with Crippen LogP contribution in [0.25, 0.3) is 0 Å². The third-order valence-corrected chi connectivity index (χ3v) is 5.89. The molecule has 0 saturated heterocycles. The van der Waals surface area contributed by atoms with E-state index < -0.39 is 10.0 Å². The highest BCUT2D eigenvalue weighted by atomic mass is 35.5. The van der Waals surface area contributed by atoms with Gasteiger partial charge in [0.15, 0.2) is 5.11 Å². The molecule has 0 aliphatic heterocycles. The molecule has 0 aliphatic rings. The number of hydrogen-bond donors (Lipinski definition) is 3. The largest absolute Gasteiger partial charge is 0.332 e. The van der Waals surface area contributed by atoms with Crippen molar-refractivity contribution in [1.29, 1.82) is 0 Å². The first-order valence-electron chi connectivity index (χ1n) is 8.35. The van der Waals surface area contributed by atoms with Crippen molar-refractivity contribution in [2.45, 2.75) is 11.8 Å². The number of sulfonamides is 1. The van der Waals surface area contributed by atoms with Gasteiger partial charge >= 0.3 is 0 Å². The molecule has 0 spiro atoms. The Kier molecular flexibility index (Phi) is 6.18. The summed E-state index contributed by atoms with van der Waals surface area (Å²) in [5.41, 5.74) is 2.82. The molecule has 0 aromatic heterocycles. The molecule has 3 aromatic rings. The number of anilines is 3. The summed E-state index contributed by atoms with van der Waals surface area (Å²) in [4.78, 5) is 0.136. The molecule has 8 heteroatoms. The zero-order valence-corrected chi connectivity index (χ0v) is 17.3. The lowest BCUT2D eigenvalue weighted by molar-refractivity contribution is 0.601. The Bertz CT molecular complexity index is 1090. The van der Waals surface area contributed by atoms with Gasteiger partial charge in [-0.05, 0) is 73.2 Å². The Labute approximate surface area is 174 Å². The number of halogens is 1. The third-order valence-electron chi connectivity index (χ3n) is 3.88. The zero-order valence-electron chi connectivity index (χ0n) is 14.9. The minimum atomic E-state index is -3.72. The standard InChI is InChI=1S/C20H18ClN3O2S2/c1-14-7-8-17(13-19(14)21)24-28(25,26)18-11-9-16(10-12-18)23-20(27)22-15-5-3-2-4-6-15/h2-13,24H,1H3,(H2,22,23,27). The maximum absolute atomic E-state index is 12.6. The Morgan fingerprint density at radius 2 is 1.43 bits per heavy atom. The first kappa shape index (κ1) is 20.1. The Hall–Kier alpha value is -2.61. The highest BCUT2D eigenvalue weighted by Gasteiger charge is 2.14. The lowest BCUT2D eigenvalue weighted by Gasteiger charge is -2.12. The van der Waals surface area contributed by atoms with E-state index in [9.17, 15) is 8.42 Å². The van der Waals surface area contributed by atoms with Gasteiger partial charge in [-0.25, -0.2) is 8.42 Å². The number of nitrogens with one attached hydrogen (secondary N) is 3. The predicted octanol–water partition coefficient (Wildman–Crippen LogP) is 5.26. The molecule has 0 fully saturated rings. The first-order chi connectivity index (χ1) is 13.3. The summed E-state index contributed by atoms with van der Waals surface area (Å²) in [6.45, 7) is 1.85. The van der Waals surface area contributed by atoms with E-state index in [1.54, 1.807) is 30.3 Å². The number of hydrogen-bond acceptors (Lipinski definition) is 3. The quantitative estimate of drug-likeness (QED) is 0.481. The van der Waals surface area contributed by atoms with Gasteiger partial charge in [-0.1, -0.05) is 35.9 Å². The topological polar surface area (TPSA) is 70.2 Å². The van der Waals surface area contributed by atoms with Gasteiger partial charge in [0.05, 0.1) is 10.6 Å². The van der Waals surface area contributed by atoms with Crippen LogP contribution >= 0.6 is 23.8 Å². The summed E-state index contributed by atoms with van der Waals surface area (Å²) in [5.74, 6) is 0. The van der Waals surface area contributed by atoms with E-state index >= 15 is 0 Å². The molecule has 144 valence electrons. The Morgan fingerprint density at radius 3 is 2.04 bits per heavy atom. The van der Waals surface area contributed by atoms with Gasteiger partial charge in [0.1, 0.15) is 0 Å².